The van der Waals surface area contributed by atoms with Crippen LogP contribution in [0.2, 0.25) is 0 Å². The molecule has 1 aliphatic rings. The standard InChI is InChI=1S/C18H15F6NO/c1-25-9-14-7-11-6-13(18(22,23)24)8-15(16(11)26-14)10-2-4-12(5-3-10)17(19,20)21/h2-6,8,14,25H,7,9H2,1H3. The third-order valence-corrected chi connectivity index (χ3v) is 4.18. The highest BCUT2D eigenvalue weighted by atomic mass is 19.4. The molecule has 0 spiro atoms. The molecule has 0 amide bonds. The van der Waals surface area contributed by atoms with Crippen LogP contribution < -0.4 is 10.1 Å². The van der Waals surface area contributed by atoms with Gasteiger partial charge in [0.1, 0.15) is 11.9 Å². The van der Waals surface area contributed by atoms with Crippen molar-refractivity contribution < 1.29 is 31.1 Å². The molecule has 0 aromatic heterocycles. The molecular formula is C18H15F6NO. The van der Waals surface area contributed by atoms with Gasteiger partial charge in [0.15, 0.2) is 0 Å². The minimum atomic E-state index is -4.56. The molecule has 1 aliphatic heterocycles. The smallest absolute Gasteiger partial charge is 0.416 e. The molecule has 1 N–H and O–H groups in total. The van der Waals surface area contributed by atoms with Gasteiger partial charge < -0.3 is 10.1 Å². The lowest BCUT2D eigenvalue weighted by atomic mass is 9.96. The lowest BCUT2D eigenvalue weighted by Gasteiger charge is -2.15. The maximum atomic E-state index is 13.2. The Bertz CT molecular complexity index is 795. The predicted molar refractivity (Wildman–Crippen MR) is 83.9 cm³/mol. The molecule has 2 aromatic rings. The fraction of sp³-hybridized carbons (Fsp3) is 0.333. The van der Waals surface area contributed by atoms with Crippen molar-refractivity contribution in [3.63, 3.8) is 0 Å². The first-order valence-corrected chi connectivity index (χ1v) is 7.82. The molecule has 0 saturated heterocycles. The van der Waals surface area contributed by atoms with Gasteiger partial charge in [0.05, 0.1) is 11.1 Å². The Hall–Kier alpha value is -2.22. The minimum Gasteiger partial charge on any atom is -0.488 e. The molecule has 0 saturated carbocycles. The van der Waals surface area contributed by atoms with Crippen LogP contribution in [0.1, 0.15) is 16.7 Å². The van der Waals surface area contributed by atoms with Crippen LogP contribution in [0.4, 0.5) is 26.3 Å². The van der Waals surface area contributed by atoms with E-state index < -0.39 is 23.5 Å². The van der Waals surface area contributed by atoms with Crippen LogP contribution in [-0.2, 0) is 18.8 Å². The average Bonchev–Trinajstić information content (AvgIpc) is 2.95. The van der Waals surface area contributed by atoms with Gasteiger partial charge in [-0.2, -0.15) is 26.3 Å². The van der Waals surface area contributed by atoms with Crippen molar-refractivity contribution in [3.8, 4) is 16.9 Å². The summed E-state index contributed by atoms with van der Waals surface area (Å²) in [7, 11) is 1.70. The Morgan fingerprint density at radius 2 is 1.58 bits per heavy atom. The van der Waals surface area contributed by atoms with Crippen molar-refractivity contribution >= 4 is 0 Å². The number of hydrogen-bond donors (Lipinski definition) is 1. The normalized spacial score (nSPS) is 17.1. The summed E-state index contributed by atoms with van der Waals surface area (Å²) in [4.78, 5) is 0. The molecule has 2 nitrogen and oxygen atoms in total. The summed E-state index contributed by atoms with van der Waals surface area (Å²) in [5, 5.41) is 2.90. The van der Waals surface area contributed by atoms with Crippen LogP contribution >= 0.6 is 0 Å². The van der Waals surface area contributed by atoms with Crippen LogP contribution in [0, 0.1) is 0 Å². The number of benzene rings is 2. The molecule has 1 atom stereocenters. The lowest BCUT2D eigenvalue weighted by molar-refractivity contribution is -0.138. The molecule has 0 bridgehead atoms. The van der Waals surface area contributed by atoms with E-state index in [0.29, 0.717) is 18.5 Å². The highest BCUT2D eigenvalue weighted by Crippen LogP contribution is 2.44. The molecular weight excluding hydrogens is 360 g/mol. The molecule has 8 heteroatoms. The number of ether oxygens (including phenoxy) is 1. The van der Waals surface area contributed by atoms with Gasteiger partial charge in [-0.1, -0.05) is 12.1 Å². The zero-order chi connectivity index (χ0) is 19.1. The number of rotatable bonds is 3. The summed E-state index contributed by atoms with van der Waals surface area (Å²) in [6.07, 6.45) is -9.10. The fourth-order valence-corrected chi connectivity index (χ4v) is 2.99. The second-order valence-corrected chi connectivity index (χ2v) is 6.09. The minimum absolute atomic E-state index is 0.141. The second-order valence-electron chi connectivity index (χ2n) is 6.09. The van der Waals surface area contributed by atoms with Crippen molar-refractivity contribution in [3.05, 3.63) is 53.1 Å². The van der Waals surface area contributed by atoms with Gasteiger partial charge in [-0.05, 0) is 42.4 Å². The number of likely N-dealkylation sites (N-methyl/N-ethyl adjacent to an activating group) is 1. The molecule has 1 heterocycles. The summed E-state index contributed by atoms with van der Waals surface area (Å²) < 4.78 is 83.5. The van der Waals surface area contributed by atoms with E-state index in [1.165, 1.54) is 0 Å². The molecule has 0 aliphatic carbocycles. The van der Waals surface area contributed by atoms with E-state index in [2.05, 4.69) is 5.32 Å². The van der Waals surface area contributed by atoms with Gasteiger partial charge in [0.25, 0.3) is 0 Å². The van der Waals surface area contributed by atoms with E-state index in [1.54, 1.807) is 7.05 Å². The number of alkyl halides is 6. The number of fused-ring (bicyclic) bond motifs is 1. The lowest BCUT2D eigenvalue weighted by Crippen LogP contribution is -2.27. The maximum Gasteiger partial charge on any atom is 0.416 e. The zero-order valence-corrected chi connectivity index (χ0v) is 13.6. The van der Waals surface area contributed by atoms with Gasteiger partial charge in [-0.3, -0.25) is 0 Å². The van der Waals surface area contributed by atoms with Gasteiger partial charge in [-0.15, -0.1) is 0 Å². The highest BCUT2D eigenvalue weighted by molar-refractivity contribution is 5.74. The van der Waals surface area contributed by atoms with Crippen LogP contribution in [0.15, 0.2) is 36.4 Å². The molecule has 2 aromatic carbocycles. The zero-order valence-electron chi connectivity index (χ0n) is 13.6. The summed E-state index contributed by atoms with van der Waals surface area (Å²) in [6, 6.07) is 5.98. The first-order chi connectivity index (χ1) is 12.1. The predicted octanol–water partition coefficient (Wildman–Crippen LogP) is 4.91. The largest absolute Gasteiger partial charge is 0.488 e. The van der Waals surface area contributed by atoms with Crippen LogP contribution in [-0.4, -0.2) is 19.7 Å². The van der Waals surface area contributed by atoms with E-state index in [-0.39, 0.29) is 23.0 Å². The summed E-state index contributed by atoms with van der Waals surface area (Å²) in [6.45, 7) is 0.447. The molecule has 26 heavy (non-hydrogen) atoms. The van der Waals surface area contributed by atoms with E-state index in [9.17, 15) is 26.3 Å². The van der Waals surface area contributed by atoms with Gasteiger partial charge >= 0.3 is 12.4 Å². The number of nitrogens with one attached hydrogen (secondary N) is 1. The van der Waals surface area contributed by atoms with Gasteiger partial charge in [0.2, 0.25) is 0 Å². The van der Waals surface area contributed by atoms with Crippen LogP contribution in [0.25, 0.3) is 11.1 Å². The summed E-state index contributed by atoms with van der Waals surface area (Å²) in [5.41, 5.74) is -0.929. The average molecular weight is 375 g/mol. The van der Waals surface area contributed by atoms with Crippen LogP contribution in [0.3, 0.4) is 0 Å². The van der Waals surface area contributed by atoms with Crippen molar-refractivity contribution in [1.82, 2.24) is 5.32 Å². The van der Waals surface area contributed by atoms with Crippen LogP contribution in [0.5, 0.6) is 5.75 Å². The second kappa shape index (κ2) is 6.50. The van der Waals surface area contributed by atoms with E-state index in [1.807, 2.05) is 0 Å². The summed E-state index contributed by atoms with van der Waals surface area (Å²) in [5.74, 6) is 0.290. The quantitative estimate of drug-likeness (QED) is 0.770. The Morgan fingerprint density at radius 3 is 2.12 bits per heavy atom. The molecule has 0 fully saturated rings. The maximum absolute atomic E-state index is 13.2. The number of halogens is 6. The summed E-state index contributed by atoms with van der Waals surface area (Å²) >= 11 is 0. The van der Waals surface area contributed by atoms with E-state index >= 15 is 0 Å². The Morgan fingerprint density at radius 1 is 0.962 bits per heavy atom. The molecule has 140 valence electrons. The fourth-order valence-electron chi connectivity index (χ4n) is 2.99. The van der Waals surface area contributed by atoms with Gasteiger partial charge in [-0.25, -0.2) is 0 Å². The van der Waals surface area contributed by atoms with Crippen molar-refractivity contribution in [2.75, 3.05) is 13.6 Å². The van der Waals surface area contributed by atoms with Gasteiger partial charge in [0, 0.05) is 18.5 Å². The Balaban J connectivity index is 2.08. The molecule has 3 rings (SSSR count). The van der Waals surface area contributed by atoms with E-state index in [4.69, 9.17) is 4.74 Å². The third kappa shape index (κ3) is 3.65. The first-order valence-electron chi connectivity index (χ1n) is 7.82. The van der Waals surface area contributed by atoms with Crippen molar-refractivity contribution in [2.45, 2.75) is 24.9 Å². The SMILES string of the molecule is CNCC1Cc2cc(C(F)(F)F)cc(-c3ccc(C(F)(F)F)cc3)c2O1. The van der Waals surface area contributed by atoms with E-state index in [0.717, 1.165) is 36.4 Å². The highest BCUT2D eigenvalue weighted by Gasteiger charge is 2.35. The Labute approximate surface area is 145 Å². The molecule has 1 unspecified atom stereocenters. The monoisotopic (exact) mass is 375 g/mol. The topological polar surface area (TPSA) is 21.3 Å². The number of hydrogen-bond acceptors (Lipinski definition) is 2. The first kappa shape index (κ1) is 18.6. The Kier molecular flexibility index (Phi) is 4.64. The van der Waals surface area contributed by atoms with Crippen molar-refractivity contribution in [2.24, 2.45) is 0 Å². The van der Waals surface area contributed by atoms with Crippen molar-refractivity contribution in [1.29, 1.82) is 0 Å². The third-order valence-electron chi connectivity index (χ3n) is 4.18. The molecule has 0 radical (unpaired) electrons.